The topological polar surface area (TPSA) is 35.5 Å². The van der Waals surface area contributed by atoms with E-state index in [9.17, 15) is 4.79 Å². The minimum atomic E-state index is -0.100. The molecule has 1 unspecified atom stereocenters. The van der Waals surface area contributed by atoms with Crippen LogP contribution in [0.4, 0.5) is 0 Å². The van der Waals surface area contributed by atoms with Gasteiger partial charge in [0.05, 0.1) is 12.7 Å². The number of carbonyl (C=O) groups excluding carboxylic acids is 1. The number of benzene rings is 2. The standard InChI is InChI=1S/C17H15ClO3/c1-10-7-12-8-11(3-5-15(12)21-10)17(19)14-9-13(18)4-6-16(14)20-2/h3-6,8-10H,7H2,1-2H3. The summed E-state index contributed by atoms with van der Waals surface area (Å²) < 4.78 is 10.9. The Labute approximate surface area is 128 Å². The predicted molar refractivity (Wildman–Crippen MR) is 81.7 cm³/mol. The fourth-order valence-electron chi connectivity index (χ4n) is 2.58. The molecule has 3 nitrogen and oxygen atoms in total. The number of carbonyl (C=O) groups is 1. The van der Waals surface area contributed by atoms with E-state index in [1.807, 2.05) is 19.1 Å². The monoisotopic (exact) mass is 302 g/mol. The lowest BCUT2D eigenvalue weighted by molar-refractivity contribution is 0.103. The first-order valence-corrected chi connectivity index (χ1v) is 7.14. The highest BCUT2D eigenvalue weighted by Crippen LogP contribution is 2.31. The molecule has 0 N–H and O–H groups in total. The Hall–Kier alpha value is -2.00. The summed E-state index contributed by atoms with van der Waals surface area (Å²) in [7, 11) is 1.54. The summed E-state index contributed by atoms with van der Waals surface area (Å²) in [5.74, 6) is 1.28. The van der Waals surface area contributed by atoms with Crippen LogP contribution >= 0.6 is 11.6 Å². The summed E-state index contributed by atoms with van der Waals surface area (Å²) in [5, 5.41) is 0.511. The van der Waals surface area contributed by atoms with Crippen molar-refractivity contribution in [2.45, 2.75) is 19.4 Å². The quantitative estimate of drug-likeness (QED) is 0.807. The van der Waals surface area contributed by atoms with Gasteiger partial charge in [0.2, 0.25) is 0 Å². The van der Waals surface area contributed by atoms with Crippen molar-refractivity contribution in [3.05, 3.63) is 58.1 Å². The zero-order valence-electron chi connectivity index (χ0n) is 11.9. The highest BCUT2D eigenvalue weighted by molar-refractivity contribution is 6.31. The Kier molecular flexibility index (Phi) is 3.60. The first-order valence-electron chi connectivity index (χ1n) is 6.76. The van der Waals surface area contributed by atoms with Crippen molar-refractivity contribution in [1.29, 1.82) is 0 Å². The van der Waals surface area contributed by atoms with E-state index in [1.54, 1.807) is 24.3 Å². The molecule has 0 bridgehead atoms. The lowest BCUT2D eigenvalue weighted by atomic mass is 9.99. The van der Waals surface area contributed by atoms with Crippen LogP contribution in [0.2, 0.25) is 5.02 Å². The maximum Gasteiger partial charge on any atom is 0.196 e. The fourth-order valence-corrected chi connectivity index (χ4v) is 2.75. The maximum atomic E-state index is 12.7. The summed E-state index contributed by atoms with van der Waals surface area (Å²) in [6.45, 7) is 2.02. The second-order valence-corrected chi connectivity index (χ2v) is 5.57. The summed E-state index contributed by atoms with van der Waals surface area (Å²) in [5.41, 5.74) is 2.15. The van der Waals surface area contributed by atoms with E-state index in [0.29, 0.717) is 21.9 Å². The molecule has 0 amide bonds. The molecule has 1 aliphatic heterocycles. The molecular weight excluding hydrogens is 288 g/mol. The summed E-state index contributed by atoms with van der Waals surface area (Å²) >= 11 is 5.99. The van der Waals surface area contributed by atoms with E-state index in [2.05, 4.69) is 0 Å². The Balaban J connectivity index is 2.00. The normalized spacial score (nSPS) is 16.2. The molecule has 1 heterocycles. The number of hydrogen-bond donors (Lipinski definition) is 0. The van der Waals surface area contributed by atoms with E-state index in [0.717, 1.165) is 17.7 Å². The van der Waals surface area contributed by atoms with Gasteiger partial charge in [0.15, 0.2) is 5.78 Å². The van der Waals surface area contributed by atoms with Gasteiger partial charge in [-0.3, -0.25) is 4.79 Å². The molecule has 0 radical (unpaired) electrons. The summed E-state index contributed by atoms with van der Waals surface area (Å²) in [4.78, 5) is 12.7. The molecule has 108 valence electrons. The third-order valence-electron chi connectivity index (χ3n) is 3.56. The van der Waals surface area contributed by atoms with Crippen molar-refractivity contribution in [3.8, 4) is 11.5 Å². The number of ether oxygens (including phenoxy) is 2. The van der Waals surface area contributed by atoms with Crippen LogP contribution in [-0.4, -0.2) is 19.0 Å². The molecule has 21 heavy (non-hydrogen) atoms. The first kappa shape index (κ1) is 14.0. The van der Waals surface area contributed by atoms with Crippen LogP contribution in [0.1, 0.15) is 28.4 Å². The molecule has 1 atom stereocenters. The Bertz CT molecular complexity index is 709. The van der Waals surface area contributed by atoms with Gasteiger partial charge < -0.3 is 9.47 Å². The summed E-state index contributed by atoms with van der Waals surface area (Å²) in [6, 6.07) is 10.6. The number of rotatable bonds is 3. The van der Waals surface area contributed by atoms with Gasteiger partial charge in [0.25, 0.3) is 0 Å². The van der Waals surface area contributed by atoms with Crippen molar-refractivity contribution >= 4 is 17.4 Å². The molecule has 0 fully saturated rings. The van der Waals surface area contributed by atoms with Crippen LogP contribution in [0.5, 0.6) is 11.5 Å². The van der Waals surface area contributed by atoms with Gasteiger partial charge in [-0.1, -0.05) is 11.6 Å². The lowest BCUT2D eigenvalue weighted by Gasteiger charge is -2.09. The van der Waals surface area contributed by atoms with Gasteiger partial charge in [0.1, 0.15) is 17.6 Å². The van der Waals surface area contributed by atoms with Crippen molar-refractivity contribution < 1.29 is 14.3 Å². The summed E-state index contributed by atoms with van der Waals surface area (Å²) in [6.07, 6.45) is 0.981. The number of fused-ring (bicyclic) bond motifs is 1. The average molecular weight is 303 g/mol. The molecule has 2 aromatic carbocycles. The fraction of sp³-hybridized carbons (Fsp3) is 0.235. The lowest BCUT2D eigenvalue weighted by Crippen LogP contribution is -2.05. The molecular formula is C17H15ClO3. The second-order valence-electron chi connectivity index (χ2n) is 5.13. The van der Waals surface area contributed by atoms with Crippen LogP contribution < -0.4 is 9.47 Å². The number of halogens is 1. The highest BCUT2D eigenvalue weighted by atomic mass is 35.5. The van der Waals surface area contributed by atoms with Crippen molar-refractivity contribution in [1.82, 2.24) is 0 Å². The minimum Gasteiger partial charge on any atom is -0.496 e. The molecule has 2 aromatic rings. The number of hydrogen-bond acceptors (Lipinski definition) is 3. The molecule has 4 heteroatoms. The van der Waals surface area contributed by atoms with E-state index in [1.165, 1.54) is 7.11 Å². The number of methoxy groups -OCH3 is 1. The Morgan fingerprint density at radius 3 is 2.86 bits per heavy atom. The molecule has 0 aromatic heterocycles. The van der Waals surface area contributed by atoms with E-state index in [-0.39, 0.29) is 11.9 Å². The van der Waals surface area contributed by atoms with Gasteiger partial charge >= 0.3 is 0 Å². The Morgan fingerprint density at radius 1 is 1.29 bits per heavy atom. The van der Waals surface area contributed by atoms with E-state index in [4.69, 9.17) is 21.1 Å². The predicted octanol–water partition coefficient (Wildman–Crippen LogP) is 3.90. The SMILES string of the molecule is COc1ccc(Cl)cc1C(=O)c1ccc2c(c1)CC(C)O2. The largest absolute Gasteiger partial charge is 0.496 e. The van der Waals surface area contributed by atoms with Crippen LogP contribution in [0.3, 0.4) is 0 Å². The molecule has 0 saturated carbocycles. The second kappa shape index (κ2) is 5.41. The molecule has 3 rings (SSSR count). The van der Waals surface area contributed by atoms with Crippen molar-refractivity contribution in [3.63, 3.8) is 0 Å². The van der Waals surface area contributed by atoms with E-state index >= 15 is 0 Å². The molecule has 1 aliphatic rings. The van der Waals surface area contributed by atoms with Crippen LogP contribution in [0, 0.1) is 0 Å². The van der Waals surface area contributed by atoms with Gasteiger partial charge in [0, 0.05) is 17.0 Å². The first-order chi connectivity index (χ1) is 10.1. The van der Waals surface area contributed by atoms with Gasteiger partial charge in [-0.25, -0.2) is 0 Å². The van der Waals surface area contributed by atoms with Crippen LogP contribution in [0.15, 0.2) is 36.4 Å². The minimum absolute atomic E-state index is 0.100. The van der Waals surface area contributed by atoms with Crippen LogP contribution in [-0.2, 0) is 6.42 Å². The van der Waals surface area contributed by atoms with Gasteiger partial charge in [-0.05, 0) is 48.9 Å². The number of ketones is 1. The molecule has 0 aliphatic carbocycles. The van der Waals surface area contributed by atoms with Crippen molar-refractivity contribution in [2.75, 3.05) is 7.11 Å². The Morgan fingerprint density at radius 2 is 2.10 bits per heavy atom. The van der Waals surface area contributed by atoms with E-state index < -0.39 is 0 Å². The maximum absolute atomic E-state index is 12.7. The average Bonchev–Trinajstić information content (AvgIpc) is 2.85. The van der Waals surface area contributed by atoms with Crippen molar-refractivity contribution in [2.24, 2.45) is 0 Å². The van der Waals surface area contributed by atoms with Crippen LogP contribution in [0.25, 0.3) is 0 Å². The smallest absolute Gasteiger partial charge is 0.196 e. The van der Waals surface area contributed by atoms with Gasteiger partial charge in [-0.15, -0.1) is 0 Å². The third-order valence-corrected chi connectivity index (χ3v) is 3.80. The molecule has 0 spiro atoms. The third kappa shape index (κ3) is 2.61. The van der Waals surface area contributed by atoms with Gasteiger partial charge in [-0.2, -0.15) is 0 Å². The highest BCUT2D eigenvalue weighted by Gasteiger charge is 2.22. The molecule has 0 saturated heterocycles. The zero-order valence-corrected chi connectivity index (χ0v) is 12.6. The zero-order chi connectivity index (χ0) is 15.0.